The lowest BCUT2D eigenvalue weighted by molar-refractivity contribution is -0.124. The van der Waals surface area contributed by atoms with Crippen LogP contribution < -0.4 is 10.7 Å². The Bertz CT molecular complexity index is 1060. The van der Waals surface area contributed by atoms with E-state index in [1.807, 2.05) is 0 Å². The fraction of sp³-hybridized carbons (Fsp3) is 0.364. The molecule has 1 saturated heterocycles. The summed E-state index contributed by atoms with van der Waals surface area (Å²) in [5.41, 5.74) is 3.77. The van der Waals surface area contributed by atoms with Gasteiger partial charge >= 0.3 is 0 Å². The molecular weight excluding hydrogens is 452 g/mol. The van der Waals surface area contributed by atoms with Crippen LogP contribution in [0, 0.1) is 0 Å². The van der Waals surface area contributed by atoms with Crippen molar-refractivity contribution in [1.82, 2.24) is 20.1 Å². The summed E-state index contributed by atoms with van der Waals surface area (Å²) in [7, 11) is -0.555. The van der Waals surface area contributed by atoms with Gasteiger partial charge in [-0.05, 0) is 61.2 Å². The first-order chi connectivity index (χ1) is 15.2. The van der Waals surface area contributed by atoms with E-state index in [1.165, 1.54) is 28.6 Å². The first kappa shape index (κ1) is 24.2. The molecule has 172 valence electrons. The Morgan fingerprint density at radius 2 is 1.75 bits per heavy atom. The lowest BCUT2D eigenvalue weighted by Gasteiger charge is -2.29. The number of amides is 2. The first-order valence-corrected chi connectivity index (χ1v) is 12.1. The topological polar surface area (TPSA) is 98.8 Å². The van der Waals surface area contributed by atoms with Crippen LogP contribution >= 0.6 is 11.6 Å². The van der Waals surface area contributed by atoms with Crippen molar-refractivity contribution in [3.8, 4) is 0 Å². The van der Waals surface area contributed by atoms with Gasteiger partial charge in [0.2, 0.25) is 15.9 Å². The van der Waals surface area contributed by atoms with Crippen molar-refractivity contribution in [1.29, 1.82) is 0 Å². The van der Waals surface area contributed by atoms with Crippen LogP contribution in [-0.2, 0) is 21.4 Å². The quantitative estimate of drug-likeness (QED) is 0.595. The molecule has 1 aliphatic heterocycles. The molecule has 2 aromatic carbocycles. The Morgan fingerprint density at radius 1 is 1.09 bits per heavy atom. The molecule has 1 aliphatic rings. The normalized spacial score (nSPS) is 17.2. The largest absolute Gasteiger partial charge is 0.355 e. The zero-order valence-electron chi connectivity index (χ0n) is 18.0. The molecule has 2 amide bonds. The fourth-order valence-electron chi connectivity index (χ4n) is 3.51. The van der Waals surface area contributed by atoms with E-state index in [4.69, 9.17) is 11.6 Å². The van der Waals surface area contributed by atoms with E-state index in [0.29, 0.717) is 29.1 Å². The maximum atomic E-state index is 13.5. The summed E-state index contributed by atoms with van der Waals surface area (Å²) in [4.78, 5) is 25.0. The summed E-state index contributed by atoms with van der Waals surface area (Å²) >= 11 is 5.93. The summed E-state index contributed by atoms with van der Waals surface area (Å²) in [5, 5.41) is 4.78. The minimum atomic E-state index is -3.98. The van der Waals surface area contributed by atoms with E-state index in [2.05, 4.69) is 10.7 Å². The SMILES string of the molecule is CN(C)NC(=O)c1ccc(CN(C2CCCCNC2=O)S(=O)(=O)c2ccc(Cl)cc2)cc1. The monoisotopic (exact) mass is 478 g/mol. The standard InChI is InChI=1S/C22H27ClN4O4S/c1-26(2)25-21(28)17-8-6-16(7-9-17)15-27(20-5-3-4-14-24-22(20)29)32(30,31)19-12-10-18(23)11-13-19/h6-13,20H,3-5,14-15H2,1-2H3,(H,24,29)(H,25,28). The molecule has 3 rings (SSSR count). The molecule has 32 heavy (non-hydrogen) atoms. The number of carbonyl (C=O) groups excluding carboxylic acids is 2. The number of carbonyl (C=O) groups is 2. The minimum Gasteiger partial charge on any atom is -0.355 e. The van der Waals surface area contributed by atoms with E-state index in [-0.39, 0.29) is 23.3 Å². The maximum absolute atomic E-state index is 13.5. The number of halogens is 1. The van der Waals surface area contributed by atoms with Crippen molar-refractivity contribution in [3.05, 3.63) is 64.7 Å². The van der Waals surface area contributed by atoms with Gasteiger partial charge in [0, 0.05) is 37.8 Å². The molecule has 0 aromatic heterocycles. The highest BCUT2D eigenvalue weighted by molar-refractivity contribution is 7.89. The summed E-state index contributed by atoms with van der Waals surface area (Å²) in [6.45, 7) is 0.526. The number of hydrazine groups is 1. The van der Waals surface area contributed by atoms with Gasteiger partial charge in [-0.1, -0.05) is 23.7 Å². The zero-order chi connectivity index (χ0) is 23.3. The Labute approximate surface area is 193 Å². The zero-order valence-corrected chi connectivity index (χ0v) is 19.6. The van der Waals surface area contributed by atoms with Crippen molar-refractivity contribution in [3.63, 3.8) is 0 Å². The Hall–Kier alpha value is -2.46. The van der Waals surface area contributed by atoms with Gasteiger partial charge in [-0.15, -0.1) is 0 Å². The summed E-state index contributed by atoms with van der Waals surface area (Å²) < 4.78 is 28.3. The van der Waals surface area contributed by atoms with Crippen LogP contribution in [0.2, 0.25) is 5.02 Å². The summed E-state index contributed by atoms with van der Waals surface area (Å²) in [6, 6.07) is 11.7. The Kier molecular flexibility index (Phi) is 7.89. The molecule has 10 heteroatoms. The smallest absolute Gasteiger partial charge is 0.265 e. The van der Waals surface area contributed by atoms with Gasteiger partial charge in [-0.2, -0.15) is 4.31 Å². The van der Waals surface area contributed by atoms with Gasteiger partial charge < -0.3 is 5.32 Å². The number of rotatable bonds is 7. The van der Waals surface area contributed by atoms with Crippen LogP contribution in [0.4, 0.5) is 0 Å². The van der Waals surface area contributed by atoms with E-state index in [1.54, 1.807) is 43.4 Å². The van der Waals surface area contributed by atoms with Crippen molar-refractivity contribution < 1.29 is 18.0 Å². The van der Waals surface area contributed by atoms with Gasteiger partial charge in [0.15, 0.2) is 0 Å². The molecule has 1 atom stereocenters. The Balaban J connectivity index is 1.93. The number of nitrogens with one attached hydrogen (secondary N) is 2. The van der Waals surface area contributed by atoms with Gasteiger partial charge in [0.1, 0.15) is 6.04 Å². The highest BCUT2D eigenvalue weighted by atomic mass is 35.5. The van der Waals surface area contributed by atoms with E-state index in [0.717, 1.165) is 12.8 Å². The second-order valence-electron chi connectivity index (χ2n) is 7.84. The van der Waals surface area contributed by atoms with Crippen LogP contribution in [0.15, 0.2) is 53.4 Å². The van der Waals surface area contributed by atoms with Crippen LogP contribution in [0.25, 0.3) is 0 Å². The van der Waals surface area contributed by atoms with Crippen LogP contribution in [0.1, 0.15) is 35.2 Å². The van der Waals surface area contributed by atoms with E-state index < -0.39 is 16.1 Å². The fourth-order valence-corrected chi connectivity index (χ4v) is 5.24. The number of hydrogen-bond acceptors (Lipinski definition) is 5. The molecule has 2 N–H and O–H groups in total. The third-order valence-corrected chi connectivity index (χ3v) is 7.27. The third kappa shape index (κ3) is 5.86. The highest BCUT2D eigenvalue weighted by Gasteiger charge is 2.36. The average molecular weight is 479 g/mol. The molecule has 1 heterocycles. The number of benzene rings is 2. The Morgan fingerprint density at radius 3 is 2.38 bits per heavy atom. The summed E-state index contributed by atoms with van der Waals surface area (Å²) in [6.07, 6.45) is 1.97. The van der Waals surface area contributed by atoms with Crippen LogP contribution in [-0.4, -0.2) is 56.2 Å². The van der Waals surface area contributed by atoms with E-state index in [9.17, 15) is 18.0 Å². The molecule has 0 saturated carbocycles. The number of hydrogen-bond donors (Lipinski definition) is 2. The second kappa shape index (κ2) is 10.4. The lowest BCUT2D eigenvalue weighted by Crippen LogP contribution is -2.48. The second-order valence-corrected chi connectivity index (χ2v) is 10.2. The minimum absolute atomic E-state index is 0.00136. The van der Waals surface area contributed by atoms with Crippen molar-refractivity contribution in [2.75, 3.05) is 20.6 Å². The first-order valence-electron chi connectivity index (χ1n) is 10.3. The van der Waals surface area contributed by atoms with Crippen molar-refractivity contribution in [2.45, 2.75) is 36.7 Å². The van der Waals surface area contributed by atoms with Gasteiger partial charge in [-0.25, -0.2) is 13.4 Å². The molecule has 1 unspecified atom stereocenters. The number of nitrogens with zero attached hydrogens (tertiary/aromatic N) is 2. The van der Waals surface area contributed by atoms with Crippen LogP contribution in [0.3, 0.4) is 0 Å². The molecule has 0 bridgehead atoms. The predicted molar refractivity (Wildman–Crippen MR) is 122 cm³/mol. The maximum Gasteiger partial charge on any atom is 0.265 e. The van der Waals surface area contributed by atoms with Crippen molar-refractivity contribution in [2.24, 2.45) is 0 Å². The molecule has 0 aliphatic carbocycles. The van der Waals surface area contributed by atoms with Crippen LogP contribution in [0.5, 0.6) is 0 Å². The highest BCUT2D eigenvalue weighted by Crippen LogP contribution is 2.26. The lowest BCUT2D eigenvalue weighted by atomic mass is 10.1. The van der Waals surface area contributed by atoms with Crippen molar-refractivity contribution >= 4 is 33.4 Å². The average Bonchev–Trinajstić information content (AvgIpc) is 2.96. The molecule has 0 radical (unpaired) electrons. The van der Waals surface area contributed by atoms with Gasteiger partial charge in [0.25, 0.3) is 5.91 Å². The van der Waals surface area contributed by atoms with E-state index >= 15 is 0 Å². The molecular formula is C22H27ClN4O4S. The van der Waals surface area contributed by atoms with Gasteiger partial charge in [-0.3, -0.25) is 15.0 Å². The molecule has 2 aromatic rings. The van der Waals surface area contributed by atoms with Gasteiger partial charge in [0.05, 0.1) is 4.90 Å². The number of sulfonamides is 1. The summed E-state index contributed by atoms with van der Waals surface area (Å²) in [5.74, 6) is -0.572. The third-order valence-electron chi connectivity index (χ3n) is 5.15. The molecule has 1 fully saturated rings. The molecule has 8 nitrogen and oxygen atoms in total. The molecule has 0 spiro atoms. The predicted octanol–water partition coefficient (Wildman–Crippen LogP) is 2.41.